The Morgan fingerprint density at radius 2 is 2.30 bits per heavy atom. The van der Waals surface area contributed by atoms with Gasteiger partial charge >= 0.3 is 0 Å². The van der Waals surface area contributed by atoms with E-state index >= 15 is 0 Å². The predicted molar refractivity (Wildman–Crippen MR) is 78.4 cm³/mol. The molecule has 0 amide bonds. The molecule has 0 spiro atoms. The highest BCUT2D eigenvalue weighted by Crippen LogP contribution is 2.17. The fourth-order valence-electron chi connectivity index (χ4n) is 2.47. The van der Waals surface area contributed by atoms with Gasteiger partial charge in [-0.25, -0.2) is 0 Å². The second-order valence-electron chi connectivity index (χ2n) is 4.99. The van der Waals surface area contributed by atoms with Crippen molar-refractivity contribution in [2.75, 3.05) is 32.8 Å². The van der Waals surface area contributed by atoms with Crippen LogP contribution in [0.4, 0.5) is 0 Å². The van der Waals surface area contributed by atoms with Gasteiger partial charge in [-0.2, -0.15) is 0 Å². The number of hydrogen-bond donors (Lipinski definition) is 0. The van der Waals surface area contributed by atoms with Crippen molar-refractivity contribution in [1.29, 1.82) is 0 Å². The summed E-state index contributed by atoms with van der Waals surface area (Å²) in [4.78, 5) is 14.8. The highest BCUT2D eigenvalue weighted by Gasteiger charge is 2.27. The molecular weight excluding hydrogens is 254 g/mol. The molecule has 1 saturated heterocycles. The van der Waals surface area contributed by atoms with Crippen molar-refractivity contribution < 1.29 is 14.3 Å². The van der Waals surface area contributed by atoms with Gasteiger partial charge in [0, 0.05) is 18.7 Å². The molecule has 1 aliphatic heterocycles. The third-order valence-electron chi connectivity index (χ3n) is 3.41. The average Bonchev–Trinajstić information content (AvgIpc) is 2.48. The summed E-state index contributed by atoms with van der Waals surface area (Å²) in [6.45, 7) is 7.93. The van der Waals surface area contributed by atoms with Crippen LogP contribution < -0.4 is 4.74 Å². The number of carbonyl (C=O) groups excluding carboxylic acids is 1. The number of morpholine rings is 1. The maximum Gasteiger partial charge on any atom is 0.193 e. The normalized spacial score (nSPS) is 19.8. The quantitative estimate of drug-likeness (QED) is 0.748. The Morgan fingerprint density at radius 3 is 3.05 bits per heavy atom. The van der Waals surface area contributed by atoms with Crippen LogP contribution in [-0.2, 0) is 4.74 Å². The minimum Gasteiger partial charge on any atom is -0.494 e. The maximum atomic E-state index is 12.5. The van der Waals surface area contributed by atoms with Crippen molar-refractivity contribution in [2.45, 2.75) is 26.4 Å². The molecule has 1 aromatic rings. The van der Waals surface area contributed by atoms with E-state index in [0.717, 1.165) is 25.3 Å². The van der Waals surface area contributed by atoms with E-state index in [2.05, 4.69) is 11.8 Å². The fourth-order valence-corrected chi connectivity index (χ4v) is 2.47. The number of Topliss-reactive ketones (excluding diaryl/α,β-unsaturated/α-hetero) is 1. The second kappa shape index (κ2) is 7.41. The van der Waals surface area contributed by atoms with Crippen molar-refractivity contribution in [3.63, 3.8) is 0 Å². The zero-order chi connectivity index (χ0) is 14.4. The monoisotopic (exact) mass is 277 g/mol. The molecule has 0 aromatic heterocycles. The second-order valence-corrected chi connectivity index (χ2v) is 4.99. The summed E-state index contributed by atoms with van der Waals surface area (Å²) in [7, 11) is 0. The molecule has 1 unspecified atom stereocenters. The lowest BCUT2D eigenvalue weighted by atomic mass is 10.0. The molecule has 0 bridgehead atoms. The van der Waals surface area contributed by atoms with Crippen molar-refractivity contribution in [3.05, 3.63) is 29.8 Å². The zero-order valence-electron chi connectivity index (χ0n) is 12.3. The van der Waals surface area contributed by atoms with Crippen LogP contribution in [-0.4, -0.2) is 49.6 Å². The minimum atomic E-state index is -0.354. The molecule has 1 aromatic carbocycles. The average molecular weight is 277 g/mol. The molecule has 110 valence electrons. The highest BCUT2D eigenvalue weighted by atomic mass is 16.5. The number of ketones is 1. The molecule has 1 atom stereocenters. The summed E-state index contributed by atoms with van der Waals surface area (Å²) in [5.74, 6) is 0.784. The van der Waals surface area contributed by atoms with Crippen molar-refractivity contribution in [2.24, 2.45) is 0 Å². The topological polar surface area (TPSA) is 38.8 Å². The van der Waals surface area contributed by atoms with Crippen molar-refractivity contribution in [1.82, 2.24) is 4.90 Å². The van der Waals surface area contributed by atoms with Crippen molar-refractivity contribution in [3.8, 4) is 5.75 Å². The third-order valence-corrected chi connectivity index (χ3v) is 3.41. The van der Waals surface area contributed by atoms with Crippen LogP contribution >= 0.6 is 0 Å². The van der Waals surface area contributed by atoms with E-state index in [0.29, 0.717) is 25.3 Å². The van der Waals surface area contributed by atoms with Gasteiger partial charge in [0.15, 0.2) is 5.78 Å². The Morgan fingerprint density at radius 1 is 1.45 bits per heavy atom. The number of benzene rings is 1. The predicted octanol–water partition coefficient (Wildman–Crippen LogP) is 2.38. The molecule has 0 saturated carbocycles. The van der Waals surface area contributed by atoms with Gasteiger partial charge in [0.1, 0.15) is 11.9 Å². The van der Waals surface area contributed by atoms with E-state index in [1.54, 1.807) is 6.07 Å². The molecular formula is C16H23NO3. The van der Waals surface area contributed by atoms with Crippen molar-refractivity contribution >= 4 is 5.78 Å². The summed E-state index contributed by atoms with van der Waals surface area (Å²) in [5.41, 5.74) is 0.666. The first-order valence-corrected chi connectivity index (χ1v) is 7.35. The smallest absolute Gasteiger partial charge is 0.193 e. The van der Waals surface area contributed by atoms with Gasteiger partial charge in [0.2, 0.25) is 0 Å². The molecule has 0 radical (unpaired) electrons. The SMILES string of the molecule is CCCN1CCOC(C(=O)c2cccc(OCC)c2)C1. The first kappa shape index (κ1) is 15.0. The van der Waals surface area contributed by atoms with E-state index in [4.69, 9.17) is 9.47 Å². The maximum absolute atomic E-state index is 12.5. The van der Waals surface area contributed by atoms with Crippen LogP contribution in [0.25, 0.3) is 0 Å². The number of hydrogen-bond acceptors (Lipinski definition) is 4. The zero-order valence-corrected chi connectivity index (χ0v) is 12.3. The van der Waals surface area contributed by atoms with Crippen LogP contribution in [0, 0.1) is 0 Å². The van der Waals surface area contributed by atoms with E-state index in [1.165, 1.54) is 0 Å². The molecule has 4 heteroatoms. The standard InChI is InChI=1S/C16H23NO3/c1-3-8-17-9-10-20-15(12-17)16(18)13-6-5-7-14(11-13)19-4-2/h5-7,11,15H,3-4,8-10,12H2,1-2H3. The number of rotatable bonds is 6. The van der Waals surface area contributed by atoms with Gasteiger partial charge in [0.25, 0.3) is 0 Å². The Bertz CT molecular complexity index is 445. The van der Waals surface area contributed by atoms with Gasteiger partial charge in [-0.3, -0.25) is 9.69 Å². The lowest BCUT2D eigenvalue weighted by molar-refractivity contribution is -0.0163. The molecule has 1 heterocycles. The van der Waals surface area contributed by atoms with Gasteiger partial charge in [-0.1, -0.05) is 19.1 Å². The Labute approximate surface area is 120 Å². The summed E-state index contributed by atoms with van der Waals surface area (Å²) < 4.78 is 11.1. The fraction of sp³-hybridized carbons (Fsp3) is 0.562. The molecule has 4 nitrogen and oxygen atoms in total. The summed E-state index contributed by atoms with van der Waals surface area (Å²) in [6.07, 6.45) is 0.743. The number of nitrogens with zero attached hydrogens (tertiary/aromatic N) is 1. The lowest BCUT2D eigenvalue weighted by Gasteiger charge is -2.31. The number of ether oxygens (including phenoxy) is 2. The summed E-state index contributed by atoms with van der Waals surface area (Å²) in [6, 6.07) is 7.34. The van der Waals surface area contributed by atoms with Crippen LogP contribution in [0.1, 0.15) is 30.6 Å². The van der Waals surface area contributed by atoms with Gasteiger partial charge < -0.3 is 9.47 Å². The Kier molecular flexibility index (Phi) is 5.56. The molecule has 1 aliphatic rings. The Hall–Kier alpha value is -1.39. The Balaban J connectivity index is 2.04. The van der Waals surface area contributed by atoms with E-state index in [1.807, 2.05) is 25.1 Å². The van der Waals surface area contributed by atoms with Crippen LogP contribution in [0.15, 0.2) is 24.3 Å². The highest BCUT2D eigenvalue weighted by molar-refractivity contribution is 6.00. The minimum absolute atomic E-state index is 0.0485. The first-order valence-electron chi connectivity index (χ1n) is 7.35. The van der Waals surface area contributed by atoms with Crippen LogP contribution in [0.3, 0.4) is 0 Å². The van der Waals surface area contributed by atoms with Gasteiger partial charge in [0.05, 0.1) is 13.2 Å². The van der Waals surface area contributed by atoms with Gasteiger partial charge in [-0.15, -0.1) is 0 Å². The van der Waals surface area contributed by atoms with E-state index < -0.39 is 0 Å². The van der Waals surface area contributed by atoms with E-state index in [-0.39, 0.29) is 11.9 Å². The first-order chi connectivity index (χ1) is 9.74. The lowest BCUT2D eigenvalue weighted by Crippen LogP contribution is -2.46. The van der Waals surface area contributed by atoms with Gasteiger partial charge in [-0.05, 0) is 32.0 Å². The molecule has 2 rings (SSSR count). The summed E-state index contributed by atoms with van der Waals surface area (Å²) in [5, 5.41) is 0. The molecule has 20 heavy (non-hydrogen) atoms. The van der Waals surface area contributed by atoms with Crippen LogP contribution in [0.5, 0.6) is 5.75 Å². The largest absolute Gasteiger partial charge is 0.494 e. The molecule has 0 aliphatic carbocycles. The number of carbonyl (C=O) groups is 1. The van der Waals surface area contributed by atoms with E-state index in [9.17, 15) is 4.79 Å². The third kappa shape index (κ3) is 3.81. The van der Waals surface area contributed by atoms with Crippen LogP contribution in [0.2, 0.25) is 0 Å². The molecule has 1 fully saturated rings. The molecule has 0 N–H and O–H groups in total. The summed E-state index contributed by atoms with van der Waals surface area (Å²) >= 11 is 0.